The molecule has 0 amide bonds. The molecule has 0 aromatic heterocycles. The molecule has 1 heterocycles. The van der Waals surface area contributed by atoms with E-state index in [1.54, 1.807) is 23.5 Å². The first-order valence-corrected chi connectivity index (χ1v) is 6.02. The highest BCUT2D eigenvalue weighted by Gasteiger charge is 2.11. The summed E-state index contributed by atoms with van der Waals surface area (Å²) < 4.78 is 25.9. The van der Waals surface area contributed by atoms with Crippen molar-refractivity contribution in [2.45, 2.75) is 0 Å². The van der Waals surface area contributed by atoms with Crippen LogP contribution < -0.4 is 0 Å². The second kappa shape index (κ2) is 6.13. The van der Waals surface area contributed by atoms with E-state index < -0.39 is 16.1 Å². The Kier molecular flexibility index (Phi) is 5.54. The van der Waals surface area contributed by atoms with Crippen LogP contribution in [0.2, 0.25) is 0 Å². The lowest BCUT2D eigenvalue weighted by atomic mass is 10.6. The Hall–Kier alpha value is -1.54. The first-order valence-electron chi connectivity index (χ1n) is 4.17. The van der Waals surface area contributed by atoms with Gasteiger partial charge >= 0.3 is 5.97 Å². The number of carboxylic acid groups (broad SMARTS) is 1. The molecule has 0 saturated heterocycles. The fourth-order valence-electron chi connectivity index (χ4n) is 0.879. The van der Waals surface area contributed by atoms with E-state index in [0.29, 0.717) is 12.9 Å². The number of hydrogen-bond donors (Lipinski definition) is 2. The van der Waals surface area contributed by atoms with Crippen molar-refractivity contribution in [3.63, 3.8) is 0 Å². The summed E-state index contributed by atoms with van der Waals surface area (Å²) in [5, 5.41) is 8.41. The smallest absolute Gasteiger partial charge is 0.323 e. The Balaban J connectivity index is 0.000000385. The Bertz CT molecular complexity index is 368. The van der Waals surface area contributed by atoms with Crippen LogP contribution in [0.15, 0.2) is 25.2 Å². The zero-order valence-electron chi connectivity index (χ0n) is 8.78. The van der Waals surface area contributed by atoms with Crippen LogP contribution in [0.4, 0.5) is 0 Å². The molecule has 8 heteroatoms. The molecule has 0 fully saturated rings. The number of rotatable bonds is 3. The summed E-state index contributed by atoms with van der Waals surface area (Å²) in [6.07, 6.45) is 5.89. The number of carbonyl (C=O) groups is 1. The van der Waals surface area contributed by atoms with Gasteiger partial charge in [0.05, 0.1) is 12.9 Å². The zero-order valence-corrected chi connectivity index (χ0v) is 9.59. The van der Waals surface area contributed by atoms with Gasteiger partial charge in [0.15, 0.2) is 0 Å². The van der Waals surface area contributed by atoms with Crippen LogP contribution in [-0.2, 0) is 14.9 Å². The van der Waals surface area contributed by atoms with Gasteiger partial charge in [-0.05, 0) is 6.20 Å². The van der Waals surface area contributed by atoms with Crippen molar-refractivity contribution in [1.29, 1.82) is 0 Å². The summed E-state index contributed by atoms with van der Waals surface area (Å²) >= 11 is 0. The zero-order chi connectivity index (χ0) is 12.8. The Morgan fingerprint density at radius 1 is 1.56 bits per heavy atom. The van der Waals surface area contributed by atoms with Crippen molar-refractivity contribution in [2.75, 3.05) is 19.5 Å². The van der Waals surface area contributed by atoms with E-state index >= 15 is 0 Å². The molecule has 92 valence electrons. The molecule has 0 unspecified atom stereocenters. The fraction of sp³-hybridized carbons (Fsp3) is 0.375. The van der Waals surface area contributed by atoms with Gasteiger partial charge in [0.25, 0.3) is 10.1 Å². The van der Waals surface area contributed by atoms with Crippen LogP contribution >= 0.6 is 0 Å². The molecular weight excluding hydrogens is 236 g/mol. The molecule has 1 aliphatic rings. The van der Waals surface area contributed by atoms with Crippen LogP contribution in [0, 0.1) is 0 Å². The summed E-state index contributed by atoms with van der Waals surface area (Å²) in [5.74, 6) is -0.819. The maximum absolute atomic E-state index is 10.2. The van der Waals surface area contributed by atoms with E-state index in [2.05, 4.69) is 6.58 Å². The molecule has 0 spiro atoms. The highest BCUT2D eigenvalue weighted by Crippen LogP contribution is 2.04. The van der Waals surface area contributed by atoms with Crippen molar-refractivity contribution in [3.05, 3.63) is 25.2 Å². The number of aliphatic carboxylic acids is 1. The van der Waals surface area contributed by atoms with Gasteiger partial charge in [-0.25, -0.2) is 0 Å². The van der Waals surface area contributed by atoms with Gasteiger partial charge in [-0.1, -0.05) is 6.58 Å². The van der Waals surface area contributed by atoms with Crippen molar-refractivity contribution >= 4 is 16.1 Å². The van der Waals surface area contributed by atoms with E-state index in [4.69, 9.17) is 9.66 Å². The minimum Gasteiger partial charge on any atom is -0.480 e. The molecule has 2 N–H and O–H groups in total. The van der Waals surface area contributed by atoms with Crippen molar-refractivity contribution in [3.8, 4) is 0 Å². The molecule has 7 nitrogen and oxygen atoms in total. The minimum atomic E-state index is -3.67. The normalized spacial score (nSPS) is 14.4. The van der Waals surface area contributed by atoms with Crippen LogP contribution in [0.5, 0.6) is 0 Å². The summed E-state index contributed by atoms with van der Waals surface area (Å²) in [6, 6.07) is 0. The molecule has 0 aromatic carbocycles. The second-order valence-electron chi connectivity index (χ2n) is 3.01. The Labute approximate surface area is 94.0 Å². The predicted octanol–water partition coefficient (Wildman–Crippen LogP) is -0.235. The summed E-state index contributed by atoms with van der Waals surface area (Å²) in [7, 11) is -3.67. The standard InChI is InChI=1S/C7H10N2O2.CH4O3S/c1-2-8-3-4-9(6-8)5-7(10)11;1-5(2,3)4/h2-4H,1,5-6H2,(H,10,11);1H3,(H,2,3,4). The average molecular weight is 250 g/mol. The molecule has 0 bridgehead atoms. The van der Waals surface area contributed by atoms with Crippen molar-refractivity contribution in [1.82, 2.24) is 9.80 Å². The van der Waals surface area contributed by atoms with E-state index in [1.807, 2.05) is 4.90 Å². The summed E-state index contributed by atoms with van der Waals surface area (Å²) in [6.45, 7) is 4.18. The van der Waals surface area contributed by atoms with Gasteiger partial charge in [-0.3, -0.25) is 9.35 Å². The van der Waals surface area contributed by atoms with E-state index in [-0.39, 0.29) is 6.54 Å². The third-order valence-corrected chi connectivity index (χ3v) is 1.39. The Morgan fingerprint density at radius 3 is 2.38 bits per heavy atom. The molecule has 1 rings (SSSR count). The van der Waals surface area contributed by atoms with Crippen LogP contribution in [-0.4, -0.2) is 53.3 Å². The maximum atomic E-state index is 10.2. The molecule has 0 radical (unpaired) electrons. The summed E-state index contributed by atoms with van der Waals surface area (Å²) in [5.41, 5.74) is 0. The quantitative estimate of drug-likeness (QED) is 0.667. The number of nitrogens with zero attached hydrogens (tertiary/aromatic N) is 2. The maximum Gasteiger partial charge on any atom is 0.323 e. The highest BCUT2D eigenvalue weighted by molar-refractivity contribution is 7.85. The average Bonchev–Trinajstić information content (AvgIpc) is 2.48. The summed E-state index contributed by atoms with van der Waals surface area (Å²) in [4.78, 5) is 13.7. The number of carboxylic acids is 1. The van der Waals surface area contributed by atoms with E-state index in [0.717, 1.165) is 0 Å². The number of hydrogen-bond acceptors (Lipinski definition) is 5. The fourth-order valence-corrected chi connectivity index (χ4v) is 0.879. The topological polar surface area (TPSA) is 98.2 Å². The lowest BCUT2D eigenvalue weighted by molar-refractivity contribution is -0.137. The van der Waals surface area contributed by atoms with Gasteiger partial charge in [0, 0.05) is 12.4 Å². The molecule has 1 aliphatic heterocycles. The van der Waals surface area contributed by atoms with Gasteiger partial charge in [0.2, 0.25) is 0 Å². The third kappa shape index (κ3) is 9.03. The van der Waals surface area contributed by atoms with Crippen LogP contribution in [0.1, 0.15) is 0 Å². The Morgan fingerprint density at radius 2 is 2.06 bits per heavy atom. The van der Waals surface area contributed by atoms with Gasteiger partial charge in [-0.15, -0.1) is 0 Å². The molecule has 0 aromatic rings. The van der Waals surface area contributed by atoms with Crippen LogP contribution in [0.3, 0.4) is 0 Å². The molecule has 0 atom stereocenters. The lowest BCUT2D eigenvalue weighted by Gasteiger charge is -2.15. The van der Waals surface area contributed by atoms with Crippen molar-refractivity contribution < 1.29 is 22.9 Å². The predicted molar refractivity (Wildman–Crippen MR) is 57.9 cm³/mol. The van der Waals surface area contributed by atoms with Gasteiger partial charge in [-0.2, -0.15) is 8.42 Å². The van der Waals surface area contributed by atoms with Crippen molar-refractivity contribution in [2.24, 2.45) is 0 Å². The molecular formula is C8H14N2O5S. The molecule has 0 saturated carbocycles. The highest BCUT2D eigenvalue weighted by atomic mass is 32.2. The minimum absolute atomic E-state index is 0.0425. The van der Waals surface area contributed by atoms with Gasteiger partial charge < -0.3 is 14.9 Å². The SMILES string of the molecule is C=CN1C=CN(CC(=O)O)C1.CS(=O)(=O)O. The van der Waals surface area contributed by atoms with E-state index in [1.165, 1.54) is 0 Å². The lowest BCUT2D eigenvalue weighted by Crippen LogP contribution is -2.27. The monoisotopic (exact) mass is 250 g/mol. The molecule has 16 heavy (non-hydrogen) atoms. The van der Waals surface area contributed by atoms with Gasteiger partial charge in [0.1, 0.15) is 6.54 Å². The second-order valence-corrected chi connectivity index (χ2v) is 4.48. The molecule has 0 aliphatic carbocycles. The third-order valence-electron chi connectivity index (χ3n) is 1.39. The van der Waals surface area contributed by atoms with E-state index in [9.17, 15) is 13.2 Å². The largest absolute Gasteiger partial charge is 0.480 e. The van der Waals surface area contributed by atoms with Crippen LogP contribution in [0.25, 0.3) is 0 Å². The first kappa shape index (κ1) is 14.5. The first-order chi connectivity index (χ1) is 7.22.